The highest BCUT2D eigenvalue weighted by Gasteiger charge is 2.32. The van der Waals surface area contributed by atoms with Gasteiger partial charge in [-0.2, -0.15) is 13.2 Å². The quantitative estimate of drug-likeness (QED) is 0.801. The van der Waals surface area contributed by atoms with E-state index in [2.05, 4.69) is 5.32 Å². The smallest absolute Gasteiger partial charge is 0.416 e. The van der Waals surface area contributed by atoms with Crippen LogP contribution in [0.2, 0.25) is 0 Å². The first-order valence-electron chi connectivity index (χ1n) is 8.56. The fourth-order valence-corrected chi connectivity index (χ4v) is 2.87. The first-order chi connectivity index (χ1) is 12.3. The largest absolute Gasteiger partial charge is 0.467 e. The second-order valence-corrected chi connectivity index (χ2v) is 6.64. The second-order valence-electron chi connectivity index (χ2n) is 6.64. The van der Waals surface area contributed by atoms with Crippen LogP contribution in [-0.4, -0.2) is 23.4 Å². The zero-order chi connectivity index (χ0) is 18.7. The van der Waals surface area contributed by atoms with Crippen LogP contribution in [0.4, 0.5) is 13.2 Å². The Kier molecular flexibility index (Phi) is 5.36. The number of carbonyl (C=O) groups is 1. The van der Waals surface area contributed by atoms with Crippen molar-refractivity contribution in [3.63, 3.8) is 0 Å². The van der Waals surface area contributed by atoms with E-state index in [-0.39, 0.29) is 18.5 Å². The third-order valence-corrected chi connectivity index (χ3v) is 4.42. The highest BCUT2D eigenvalue weighted by atomic mass is 19.4. The second kappa shape index (κ2) is 7.53. The van der Waals surface area contributed by atoms with Crippen molar-refractivity contribution >= 4 is 5.91 Å². The molecule has 0 spiro atoms. The molecule has 7 heteroatoms. The Morgan fingerprint density at radius 3 is 2.50 bits per heavy atom. The molecule has 1 aromatic heterocycles. The molecule has 3 rings (SSSR count). The molecule has 2 aromatic rings. The number of halogens is 3. The zero-order valence-corrected chi connectivity index (χ0v) is 14.4. The molecule has 0 bridgehead atoms. The first-order valence-corrected chi connectivity index (χ1v) is 8.56. The molecule has 1 saturated carbocycles. The third kappa shape index (κ3) is 4.88. The maximum absolute atomic E-state index is 12.7. The Bertz CT molecular complexity index is 722. The SMILES string of the molecule is C[C@H](NC(=O)CN(Cc1ccc(C(F)(F)F)cc1)C1CC1)c1ccco1. The number of nitrogens with zero attached hydrogens (tertiary/aromatic N) is 1. The number of carbonyl (C=O) groups excluding carboxylic acids is 1. The molecule has 1 amide bonds. The molecular weight excluding hydrogens is 345 g/mol. The Morgan fingerprint density at radius 2 is 1.96 bits per heavy atom. The minimum absolute atomic E-state index is 0.132. The van der Waals surface area contributed by atoms with Gasteiger partial charge in [0.25, 0.3) is 0 Å². The Hall–Kier alpha value is -2.28. The monoisotopic (exact) mass is 366 g/mol. The fourth-order valence-electron chi connectivity index (χ4n) is 2.87. The van der Waals surface area contributed by atoms with Gasteiger partial charge >= 0.3 is 6.18 Å². The van der Waals surface area contributed by atoms with Crippen molar-refractivity contribution in [1.82, 2.24) is 10.2 Å². The average Bonchev–Trinajstić information content (AvgIpc) is 3.27. The Balaban J connectivity index is 1.58. The number of hydrogen-bond acceptors (Lipinski definition) is 3. The molecule has 1 atom stereocenters. The fraction of sp³-hybridized carbons (Fsp3) is 0.421. The van der Waals surface area contributed by atoms with E-state index in [1.54, 1.807) is 18.4 Å². The average molecular weight is 366 g/mol. The summed E-state index contributed by atoms with van der Waals surface area (Å²) < 4.78 is 43.3. The van der Waals surface area contributed by atoms with Gasteiger partial charge in [0.2, 0.25) is 5.91 Å². The summed E-state index contributed by atoms with van der Waals surface area (Å²) in [6.07, 6.45) is -0.779. The lowest BCUT2D eigenvalue weighted by molar-refractivity contribution is -0.137. The van der Waals surface area contributed by atoms with Crippen LogP contribution in [0.15, 0.2) is 47.1 Å². The summed E-state index contributed by atoms with van der Waals surface area (Å²) in [4.78, 5) is 14.3. The maximum atomic E-state index is 12.7. The van der Waals surface area contributed by atoms with Crippen LogP contribution in [0.3, 0.4) is 0 Å². The predicted octanol–water partition coefficient (Wildman–Crippen LogP) is 4.14. The van der Waals surface area contributed by atoms with Crippen LogP contribution in [-0.2, 0) is 17.5 Å². The van der Waals surface area contributed by atoms with E-state index >= 15 is 0 Å². The molecule has 26 heavy (non-hydrogen) atoms. The summed E-state index contributed by atoms with van der Waals surface area (Å²) in [6.45, 7) is 2.50. The highest BCUT2D eigenvalue weighted by molar-refractivity contribution is 5.78. The molecule has 1 aliphatic carbocycles. The van der Waals surface area contributed by atoms with Crippen LogP contribution in [0.1, 0.15) is 42.7 Å². The molecule has 1 N–H and O–H groups in total. The molecule has 1 aromatic carbocycles. The Morgan fingerprint density at radius 1 is 1.27 bits per heavy atom. The van der Waals surface area contributed by atoms with Crippen LogP contribution in [0.5, 0.6) is 0 Å². The minimum Gasteiger partial charge on any atom is -0.467 e. The van der Waals surface area contributed by atoms with Gasteiger partial charge in [0, 0.05) is 12.6 Å². The van der Waals surface area contributed by atoms with Gasteiger partial charge in [0.15, 0.2) is 0 Å². The lowest BCUT2D eigenvalue weighted by Gasteiger charge is -2.22. The number of nitrogens with one attached hydrogen (secondary N) is 1. The topological polar surface area (TPSA) is 45.5 Å². The van der Waals surface area contributed by atoms with Gasteiger partial charge in [-0.15, -0.1) is 0 Å². The number of alkyl halides is 3. The van der Waals surface area contributed by atoms with E-state index in [1.165, 1.54) is 12.1 Å². The van der Waals surface area contributed by atoms with Gasteiger partial charge in [-0.3, -0.25) is 9.69 Å². The molecule has 0 radical (unpaired) electrons. The summed E-state index contributed by atoms with van der Waals surface area (Å²) >= 11 is 0. The maximum Gasteiger partial charge on any atom is 0.416 e. The summed E-state index contributed by atoms with van der Waals surface area (Å²) in [6, 6.07) is 8.75. The summed E-state index contributed by atoms with van der Waals surface area (Å²) in [5.41, 5.74) is 0.0982. The van der Waals surface area contributed by atoms with Crippen LogP contribution >= 0.6 is 0 Å². The number of benzene rings is 1. The third-order valence-electron chi connectivity index (χ3n) is 4.42. The van der Waals surface area contributed by atoms with Crippen LogP contribution in [0, 0.1) is 0 Å². The van der Waals surface area contributed by atoms with Gasteiger partial charge in [-0.1, -0.05) is 12.1 Å². The minimum atomic E-state index is -4.34. The molecule has 1 aliphatic rings. The molecule has 4 nitrogen and oxygen atoms in total. The number of hydrogen-bond donors (Lipinski definition) is 1. The zero-order valence-electron chi connectivity index (χ0n) is 14.4. The molecule has 0 aliphatic heterocycles. The number of amides is 1. The van der Waals surface area contributed by atoms with E-state index in [0.717, 1.165) is 30.5 Å². The number of furan rings is 1. The van der Waals surface area contributed by atoms with Crippen molar-refractivity contribution in [2.75, 3.05) is 6.54 Å². The lowest BCUT2D eigenvalue weighted by Crippen LogP contribution is -2.39. The molecule has 1 heterocycles. The van der Waals surface area contributed by atoms with Crippen molar-refractivity contribution in [2.24, 2.45) is 0 Å². The Labute approximate surface area is 150 Å². The number of rotatable bonds is 7. The summed E-state index contributed by atoms with van der Waals surface area (Å²) in [5, 5.41) is 2.89. The van der Waals surface area contributed by atoms with Crippen molar-refractivity contribution in [3.8, 4) is 0 Å². The van der Waals surface area contributed by atoms with Crippen molar-refractivity contribution in [2.45, 2.75) is 44.6 Å². The van der Waals surface area contributed by atoms with E-state index in [9.17, 15) is 18.0 Å². The van der Waals surface area contributed by atoms with Gasteiger partial charge in [0.05, 0.1) is 24.4 Å². The van der Waals surface area contributed by atoms with Crippen molar-refractivity contribution < 1.29 is 22.4 Å². The van der Waals surface area contributed by atoms with E-state index in [0.29, 0.717) is 18.3 Å². The van der Waals surface area contributed by atoms with Gasteiger partial charge in [0.1, 0.15) is 5.76 Å². The molecular formula is C19H21F3N2O2. The van der Waals surface area contributed by atoms with Gasteiger partial charge in [-0.25, -0.2) is 0 Å². The lowest BCUT2D eigenvalue weighted by atomic mass is 10.1. The molecule has 0 saturated heterocycles. The van der Waals surface area contributed by atoms with E-state index in [4.69, 9.17) is 4.42 Å². The summed E-state index contributed by atoms with van der Waals surface area (Å²) in [5.74, 6) is 0.548. The predicted molar refractivity (Wildman–Crippen MR) is 90.1 cm³/mol. The van der Waals surface area contributed by atoms with Crippen molar-refractivity contribution in [3.05, 3.63) is 59.5 Å². The highest BCUT2D eigenvalue weighted by Crippen LogP contribution is 2.31. The van der Waals surface area contributed by atoms with Crippen LogP contribution < -0.4 is 5.32 Å². The van der Waals surface area contributed by atoms with Gasteiger partial charge < -0.3 is 9.73 Å². The van der Waals surface area contributed by atoms with E-state index in [1.807, 2.05) is 11.8 Å². The molecule has 0 unspecified atom stereocenters. The first kappa shape index (κ1) is 18.5. The van der Waals surface area contributed by atoms with Gasteiger partial charge in [-0.05, 0) is 49.6 Å². The normalized spacial score (nSPS) is 15.9. The molecule has 140 valence electrons. The molecule has 1 fully saturated rings. The standard InChI is InChI=1S/C19H21F3N2O2/c1-13(17-3-2-10-26-17)23-18(25)12-24(16-8-9-16)11-14-4-6-15(7-5-14)19(20,21)22/h2-7,10,13,16H,8-9,11-12H2,1H3,(H,23,25)/t13-/m0/s1. The van der Waals surface area contributed by atoms with E-state index < -0.39 is 11.7 Å². The van der Waals surface area contributed by atoms with Crippen molar-refractivity contribution in [1.29, 1.82) is 0 Å². The van der Waals surface area contributed by atoms with Crippen LogP contribution in [0.25, 0.3) is 0 Å². The summed E-state index contributed by atoms with van der Waals surface area (Å²) in [7, 11) is 0.